The molecule has 0 spiro atoms. The van der Waals surface area contributed by atoms with Gasteiger partial charge < -0.3 is 43.2 Å². The summed E-state index contributed by atoms with van der Waals surface area (Å²) in [4.78, 5) is 87.5. The van der Waals surface area contributed by atoms with Gasteiger partial charge in [-0.3, -0.25) is 28.8 Å². The summed E-state index contributed by atoms with van der Waals surface area (Å²) < 4.78 is 0. The predicted molar refractivity (Wildman–Crippen MR) is 166 cm³/mol. The van der Waals surface area contributed by atoms with Crippen LogP contribution in [-0.4, -0.2) is 107 Å². The number of rotatable bonds is 21. The number of aliphatic carboxylic acids is 1. The van der Waals surface area contributed by atoms with Crippen molar-refractivity contribution in [3.05, 3.63) is 0 Å². The first kappa shape index (κ1) is 40.0. The monoisotopic (exact) mass is 649 g/mol. The predicted octanol–water partition coefficient (Wildman–Crippen LogP) is -1.85. The number of thioether (sulfide) groups is 2. The molecule has 0 aliphatic rings. The van der Waals surface area contributed by atoms with Crippen LogP contribution in [0.1, 0.15) is 47.0 Å². The van der Waals surface area contributed by atoms with E-state index in [0.29, 0.717) is 11.5 Å². The molecule has 0 unspecified atom stereocenters. The van der Waals surface area contributed by atoms with E-state index in [9.17, 15) is 38.7 Å². The van der Waals surface area contributed by atoms with Crippen molar-refractivity contribution in [1.82, 2.24) is 26.6 Å². The third-order valence-electron chi connectivity index (χ3n) is 6.21. The van der Waals surface area contributed by atoms with Crippen molar-refractivity contribution in [1.29, 1.82) is 0 Å². The number of primary amides is 1. The molecule has 0 fully saturated rings. The summed E-state index contributed by atoms with van der Waals surface area (Å²) in [5.74, 6) is -5.55. The van der Waals surface area contributed by atoms with Gasteiger partial charge in [0.2, 0.25) is 35.4 Å². The standard InChI is InChI=1S/C26H47N7O8S2/c1-13(2)20(33-23(37)17(11-18(28)34)29-19(35)12-27)24(38)30-15(7-9-42-5)22(36)32-21(14(3)4)25(39)31-16(26(40)41)8-10-43-6/h13-17,20-21H,7-12,27H2,1-6H3,(H2,28,34)(H,29,35)(H,30,38)(H,31,39)(H,32,36)(H,33,37)(H,40,41)/t15-,16-,17-,20-,21-/m0/s1. The van der Waals surface area contributed by atoms with Gasteiger partial charge in [-0.1, -0.05) is 27.7 Å². The number of nitrogens with two attached hydrogens (primary N) is 2. The fourth-order valence-corrected chi connectivity index (χ4v) is 4.70. The topological polar surface area (TPSA) is 252 Å². The average Bonchev–Trinajstić information content (AvgIpc) is 2.92. The molecule has 10 N–H and O–H groups in total. The van der Waals surface area contributed by atoms with E-state index in [4.69, 9.17) is 11.5 Å². The molecule has 0 saturated heterocycles. The molecule has 0 saturated carbocycles. The second kappa shape index (κ2) is 20.8. The SMILES string of the molecule is CSCC[C@H](NC(=O)[C@@H](NC(=O)[C@H](CCSC)NC(=O)[C@@H](NC(=O)[C@H](CC(N)=O)NC(=O)CN)C(C)C)C(C)C)C(=O)O. The third kappa shape index (κ3) is 15.3. The van der Waals surface area contributed by atoms with Crippen LogP contribution in [0.25, 0.3) is 0 Å². The van der Waals surface area contributed by atoms with Crippen molar-refractivity contribution < 1.29 is 38.7 Å². The fourth-order valence-electron chi connectivity index (χ4n) is 3.76. The molecule has 5 atom stereocenters. The Morgan fingerprint density at radius 3 is 1.44 bits per heavy atom. The highest BCUT2D eigenvalue weighted by Gasteiger charge is 2.34. The number of hydrogen-bond acceptors (Lipinski definition) is 10. The van der Waals surface area contributed by atoms with E-state index in [1.807, 2.05) is 12.5 Å². The van der Waals surface area contributed by atoms with Gasteiger partial charge in [0.25, 0.3) is 0 Å². The molecule has 43 heavy (non-hydrogen) atoms. The normalized spacial score (nSPS) is 14.5. The van der Waals surface area contributed by atoms with Crippen molar-refractivity contribution in [2.45, 2.75) is 77.2 Å². The Bertz CT molecular complexity index is 983. The highest BCUT2D eigenvalue weighted by molar-refractivity contribution is 7.98. The second-order valence-electron chi connectivity index (χ2n) is 10.5. The lowest BCUT2D eigenvalue weighted by atomic mass is 10.0. The first-order valence-corrected chi connectivity index (χ1v) is 16.6. The van der Waals surface area contributed by atoms with Gasteiger partial charge in [0.15, 0.2) is 0 Å². The van der Waals surface area contributed by atoms with Gasteiger partial charge in [-0.05, 0) is 48.7 Å². The van der Waals surface area contributed by atoms with Crippen LogP contribution in [0.4, 0.5) is 0 Å². The van der Waals surface area contributed by atoms with E-state index in [1.165, 1.54) is 23.5 Å². The molecule has 0 heterocycles. The highest BCUT2D eigenvalue weighted by atomic mass is 32.2. The molecule has 0 aromatic rings. The van der Waals surface area contributed by atoms with Gasteiger partial charge in [0, 0.05) is 0 Å². The molecule has 6 amide bonds. The summed E-state index contributed by atoms with van der Waals surface area (Å²) in [6.45, 7) is 6.24. The molecule has 0 aliphatic carbocycles. The van der Waals surface area contributed by atoms with Crippen LogP contribution in [-0.2, 0) is 33.6 Å². The molecule has 15 nitrogen and oxygen atoms in total. The van der Waals surface area contributed by atoms with E-state index < -0.39 is 96.4 Å². The lowest BCUT2D eigenvalue weighted by Gasteiger charge is -2.29. The van der Waals surface area contributed by atoms with Gasteiger partial charge in [-0.15, -0.1) is 0 Å². The molecule has 0 aliphatic heterocycles. The van der Waals surface area contributed by atoms with Crippen molar-refractivity contribution in [2.75, 3.05) is 30.6 Å². The first-order chi connectivity index (χ1) is 20.1. The fraction of sp³-hybridized carbons (Fsp3) is 0.731. The minimum Gasteiger partial charge on any atom is -0.480 e. The van der Waals surface area contributed by atoms with Gasteiger partial charge >= 0.3 is 5.97 Å². The van der Waals surface area contributed by atoms with Crippen LogP contribution in [0.2, 0.25) is 0 Å². The maximum absolute atomic E-state index is 13.4. The van der Waals surface area contributed by atoms with E-state index >= 15 is 0 Å². The molecule has 0 aromatic heterocycles. The molecule has 246 valence electrons. The van der Waals surface area contributed by atoms with Crippen LogP contribution in [0.3, 0.4) is 0 Å². The smallest absolute Gasteiger partial charge is 0.326 e. The Hall–Kier alpha value is -3.05. The van der Waals surface area contributed by atoms with Gasteiger partial charge in [-0.25, -0.2) is 4.79 Å². The number of carboxylic acid groups (broad SMARTS) is 1. The zero-order chi connectivity index (χ0) is 33.3. The molecular formula is C26H47N7O8S2. The number of carboxylic acids is 1. The molecular weight excluding hydrogens is 602 g/mol. The molecule has 0 rings (SSSR count). The van der Waals surface area contributed by atoms with Crippen molar-refractivity contribution in [3.8, 4) is 0 Å². The summed E-state index contributed by atoms with van der Waals surface area (Å²) in [5.41, 5.74) is 10.5. The van der Waals surface area contributed by atoms with E-state index in [-0.39, 0.29) is 12.8 Å². The Balaban J connectivity index is 5.85. The maximum Gasteiger partial charge on any atom is 0.326 e. The number of carbonyl (C=O) groups excluding carboxylic acids is 6. The average molecular weight is 650 g/mol. The number of amides is 6. The lowest BCUT2D eigenvalue weighted by Crippen LogP contribution is -2.60. The van der Waals surface area contributed by atoms with Crippen LogP contribution >= 0.6 is 23.5 Å². The Morgan fingerprint density at radius 1 is 0.651 bits per heavy atom. The zero-order valence-electron chi connectivity index (χ0n) is 25.6. The largest absolute Gasteiger partial charge is 0.480 e. The van der Waals surface area contributed by atoms with Crippen LogP contribution in [0.15, 0.2) is 0 Å². The Labute approximate surface area is 260 Å². The first-order valence-electron chi connectivity index (χ1n) is 13.8. The van der Waals surface area contributed by atoms with Gasteiger partial charge in [-0.2, -0.15) is 23.5 Å². The van der Waals surface area contributed by atoms with E-state index in [0.717, 1.165) is 0 Å². The second-order valence-corrected chi connectivity index (χ2v) is 12.4. The maximum atomic E-state index is 13.4. The number of hydrogen-bond donors (Lipinski definition) is 8. The summed E-state index contributed by atoms with van der Waals surface area (Å²) >= 11 is 2.86. The summed E-state index contributed by atoms with van der Waals surface area (Å²) in [5, 5.41) is 22.0. The minimum atomic E-state index is -1.37. The van der Waals surface area contributed by atoms with Crippen molar-refractivity contribution in [3.63, 3.8) is 0 Å². The lowest BCUT2D eigenvalue weighted by molar-refractivity contribution is -0.142. The number of nitrogens with one attached hydrogen (secondary N) is 5. The summed E-state index contributed by atoms with van der Waals surface area (Å²) in [6.07, 6.45) is 3.49. The third-order valence-corrected chi connectivity index (χ3v) is 7.49. The van der Waals surface area contributed by atoms with Crippen molar-refractivity contribution in [2.24, 2.45) is 23.3 Å². The summed E-state index contributed by atoms with van der Waals surface area (Å²) in [6, 6.07) is -5.85. The molecule has 0 aromatic carbocycles. The Kier molecular flexibility index (Phi) is 19.3. The molecule has 0 radical (unpaired) electrons. The minimum absolute atomic E-state index is 0.187. The molecule has 17 heteroatoms. The summed E-state index contributed by atoms with van der Waals surface area (Å²) in [7, 11) is 0. The number of carbonyl (C=O) groups is 7. The highest BCUT2D eigenvalue weighted by Crippen LogP contribution is 2.10. The van der Waals surface area contributed by atoms with Crippen LogP contribution in [0, 0.1) is 11.8 Å². The van der Waals surface area contributed by atoms with Gasteiger partial charge in [0.05, 0.1) is 13.0 Å². The quantitative estimate of drug-likeness (QED) is 0.0685. The van der Waals surface area contributed by atoms with E-state index in [1.54, 1.807) is 27.7 Å². The van der Waals surface area contributed by atoms with E-state index in [2.05, 4.69) is 26.6 Å². The van der Waals surface area contributed by atoms with Crippen LogP contribution < -0.4 is 38.1 Å². The van der Waals surface area contributed by atoms with Gasteiger partial charge in [0.1, 0.15) is 30.2 Å². The Morgan fingerprint density at radius 2 is 1.07 bits per heavy atom. The van der Waals surface area contributed by atoms with Crippen LogP contribution in [0.5, 0.6) is 0 Å². The zero-order valence-corrected chi connectivity index (χ0v) is 27.2. The van der Waals surface area contributed by atoms with Crippen molar-refractivity contribution >= 4 is 64.9 Å². The molecule has 0 bridgehead atoms.